The second kappa shape index (κ2) is 7.42. The average Bonchev–Trinajstić information content (AvgIpc) is 2.29. The van der Waals surface area contributed by atoms with Gasteiger partial charge in [0.05, 0.1) is 6.61 Å². The summed E-state index contributed by atoms with van der Waals surface area (Å²) < 4.78 is 6.60. The van der Waals surface area contributed by atoms with E-state index in [1.165, 1.54) is 18.4 Å². The second-order valence-electron chi connectivity index (χ2n) is 4.28. The second-order valence-corrected chi connectivity index (χ2v) is 6.12. The number of ether oxygens (including phenoxy) is 1. The average molecular weight is 364 g/mol. The summed E-state index contributed by atoms with van der Waals surface area (Å²) in [5.41, 5.74) is 1.30. The first kappa shape index (κ1) is 15.0. The maximum atomic E-state index is 5.48. The number of hydrogen-bond acceptors (Lipinski definition) is 1. The molecule has 0 aliphatic rings. The van der Waals surface area contributed by atoms with Gasteiger partial charge in [-0.15, -0.1) is 0 Å². The molecule has 0 aliphatic heterocycles. The van der Waals surface area contributed by atoms with Crippen LogP contribution in [0.4, 0.5) is 0 Å². The Morgan fingerprint density at radius 3 is 2.53 bits per heavy atom. The van der Waals surface area contributed by atoms with Crippen molar-refractivity contribution in [1.82, 2.24) is 0 Å². The van der Waals surface area contributed by atoms with Crippen molar-refractivity contribution in [2.24, 2.45) is 5.92 Å². The van der Waals surface area contributed by atoms with Crippen LogP contribution in [0.5, 0.6) is 5.75 Å². The fraction of sp³-hybridized carbons (Fsp3) is 0.571. The summed E-state index contributed by atoms with van der Waals surface area (Å²) in [6, 6.07) is 6.23. The zero-order valence-electron chi connectivity index (χ0n) is 10.7. The molecule has 0 radical (unpaired) electrons. The first-order valence-electron chi connectivity index (χ1n) is 6.16. The van der Waals surface area contributed by atoms with Crippen molar-refractivity contribution in [1.29, 1.82) is 0 Å². The molecule has 0 bridgehead atoms. The Morgan fingerprint density at radius 1 is 1.29 bits per heavy atom. The van der Waals surface area contributed by atoms with Crippen molar-refractivity contribution in [3.63, 3.8) is 0 Å². The van der Waals surface area contributed by atoms with Crippen LogP contribution in [0.3, 0.4) is 0 Å². The van der Waals surface area contributed by atoms with Crippen molar-refractivity contribution < 1.29 is 4.74 Å². The molecule has 2 atom stereocenters. The standard InChI is InChI=1S/C14H20Br2O/c1-4-6-10(3)14(16)12-8-7-11(17-5-2)9-13(12)15/h7-10,14H,4-6H2,1-3H3. The molecule has 1 nitrogen and oxygen atoms in total. The van der Waals surface area contributed by atoms with Crippen molar-refractivity contribution in [3.8, 4) is 5.75 Å². The van der Waals surface area contributed by atoms with Gasteiger partial charge >= 0.3 is 0 Å². The Bertz CT molecular complexity index is 352. The molecule has 1 aromatic rings. The summed E-state index contributed by atoms with van der Waals surface area (Å²) >= 11 is 7.42. The molecule has 0 N–H and O–H groups in total. The molecule has 0 aromatic heterocycles. The zero-order valence-corrected chi connectivity index (χ0v) is 13.8. The van der Waals surface area contributed by atoms with E-state index in [4.69, 9.17) is 4.74 Å². The minimum atomic E-state index is 0.396. The van der Waals surface area contributed by atoms with E-state index in [2.05, 4.69) is 51.8 Å². The topological polar surface area (TPSA) is 9.23 Å². The highest BCUT2D eigenvalue weighted by Crippen LogP contribution is 2.38. The maximum absolute atomic E-state index is 5.48. The summed E-state index contributed by atoms with van der Waals surface area (Å²) in [7, 11) is 0. The van der Waals surface area contributed by atoms with Crippen LogP contribution in [-0.4, -0.2) is 6.61 Å². The van der Waals surface area contributed by atoms with Gasteiger partial charge in [0, 0.05) is 9.30 Å². The molecule has 96 valence electrons. The fourth-order valence-corrected chi connectivity index (χ4v) is 3.47. The Balaban J connectivity index is 2.83. The van der Waals surface area contributed by atoms with Crippen molar-refractivity contribution in [2.45, 2.75) is 38.4 Å². The molecular formula is C14H20Br2O. The molecule has 0 saturated heterocycles. The lowest BCUT2D eigenvalue weighted by atomic mass is 9.97. The minimum absolute atomic E-state index is 0.396. The van der Waals surface area contributed by atoms with Gasteiger partial charge in [0.1, 0.15) is 5.75 Å². The molecule has 1 aromatic carbocycles. The molecule has 17 heavy (non-hydrogen) atoms. The quantitative estimate of drug-likeness (QED) is 0.587. The van der Waals surface area contributed by atoms with E-state index in [1.807, 2.05) is 19.1 Å². The maximum Gasteiger partial charge on any atom is 0.120 e. The predicted octanol–water partition coefficient (Wildman–Crippen LogP) is 5.72. The molecule has 2 unspecified atom stereocenters. The molecule has 0 saturated carbocycles. The van der Waals surface area contributed by atoms with Crippen LogP contribution in [0.1, 0.15) is 44.0 Å². The third-order valence-electron chi connectivity index (χ3n) is 2.82. The van der Waals surface area contributed by atoms with Crippen molar-refractivity contribution >= 4 is 31.9 Å². The largest absolute Gasteiger partial charge is 0.494 e. The van der Waals surface area contributed by atoms with Gasteiger partial charge in [0.25, 0.3) is 0 Å². The van der Waals surface area contributed by atoms with Crippen molar-refractivity contribution in [3.05, 3.63) is 28.2 Å². The number of halogens is 2. The van der Waals surface area contributed by atoms with E-state index in [9.17, 15) is 0 Å². The lowest BCUT2D eigenvalue weighted by molar-refractivity contribution is 0.340. The van der Waals surface area contributed by atoms with Gasteiger partial charge in [-0.1, -0.05) is 58.2 Å². The van der Waals surface area contributed by atoms with E-state index >= 15 is 0 Å². The predicted molar refractivity (Wildman–Crippen MR) is 81.1 cm³/mol. The van der Waals surface area contributed by atoms with Gasteiger partial charge < -0.3 is 4.74 Å². The van der Waals surface area contributed by atoms with E-state index in [-0.39, 0.29) is 0 Å². The van der Waals surface area contributed by atoms with Crippen LogP contribution in [0.2, 0.25) is 0 Å². The number of rotatable bonds is 6. The zero-order chi connectivity index (χ0) is 12.8. The van der Waals surface area contributed by atoms with Crippen LogP contribution in [0.15, 0.2) is 22.7 Å². The first-order chi connectivity index (χ1) is 8.10. The highest BCUT2D eigenvalue weighted by atomic mass is 79.9. The van der Waals surface area contributed by atoms with Gasteiger partial charge in [-0.3, -0.25) is 0 Å². The summed E-state index contributed by atoms with van der Waals surface area (Å²) in [5.74, 6) is 1.56. The lowest BCUT2D eigenvalue weighted by Gasteiger charge is -2.19. The Morgan fingerprint density at radius 2 is 2.00 bits per heavy atom. The SMILES string of the molecule is CCCC(C)C(Br)c1ccc(OCC)cc1Br. The van der Waals surface area contributed by atoms with Gasteiger partial charge in [-0.05, 0) is 37.0 Å². The number of alkyl halides is 1. The molecular weight excluding hydrogens is 344 g/mol. The summed E-state index contributed by atoms with van der Waals surface area (Å²) in [6.07, 6.45) is 2.45. The fourth-order valence-electron chi connectivity index (χ4n) is 1.90. The van der Waals surface area contributed by atoms with E-state index in [0.717, 1.165) is 10.2 Å². The van der Waals surface area contributed by atoms with Crippen LogP contribution < -0.4 is 4.74 Å². The molecule has 0 amide bonds. The Kier molecular flexibility index (Phi) is 6.57. The molecule has 0 fully saturated rings. The molecule has 0 spiro atoms. The van der Waals surface area contributed by atoms with Gasteiger partial charge in [0.2, 0.25) is 0 Å². The Hall–Kier alpha value is -0.0200. The first-order valence-corrected chi connectivity index (χ1v) is 7.87. The lowest BCUT2D eigenvalue weighted by Crippen LogP contribution is -2.04. The summed E-state index contributed by atoms with van der Waals surface area (Å²) in [6.45, 7) is 7.21. The third-order valence-corrected chi connectivity index (χ3v) is 4.91. The molecule has 3 heteroatoms. The molecule has 1 rings (SSSR count). The van der Waals surface area contributed by atoms with Crippen LogP contribution >= 0.6 is 31.9 Å². The highest BCUT2D eigenvalue weighted by molar-refractivity contribution is 9.11. The van der Waals surface area contributed by atoms with Crippen LogP contribution in [-0.2, 0) is 0 Å². The van der Waals surface area contributed by atoms with Crippen LogP contribution in [0, 0.1) is 5.92 Å². The number of benzene rings is 1. The summed E-state index contributed by atoms with van der Waals surface area (Å²) in [5, 5.41) is 0. The van der Waals surface area contributed by atoms with E-state index < -0.39 is 0 Å². The van der Waals surface area contributed by atoms with Gasteiger partial charge in [0.15, 0.2) is 0 Å². The number of hydrogen-bond donors (Lipinski definition) is 0. The van der Waals surface area contributed by atoms with E-state index in [0.29, 0.717) is 17.4 Å². The Labute approximate surface area is 121 Å². The normalized spacial score (nSPS) is 14.4. The molecule has 0 aliphatic carbocycles. The smallest absolute Gasteiger partial charge is 0.120 e. The van der Waals surface area contributed by atoms with Gasteiger partial charge in [-0.2, -0.15) is 0 Å². The molecule has 0 heterocycles. The highest BCUT2D eigenvalue weighted by Gasteiger charge is 2.18. The summed E-state index contributed by atoms with van der Waals surface area (Å²) in [4.78, 5) is 0.396. The van der Waals surface area contributed by atoms with E-state index in [1.54, 1.807) is 0 Å². The monoisotopic (exact) mass is 362 g/mol. The van der Waals surface area contributed by atoms with Crippen molar-refractivity contribution in [2.75, 3.05) is 6.61 Å². The van der Waals surface area contributed by atoms with Crippen LogP contribution in [0.25, 0.3) is 0 Å². The minimum Gasteiger partial charge on any atom is -0.494 e. The third kappa shape index (κ3) is 4.29. The van der Waals surface area contributed by atoms with Gasteiger partial charge in [-0.25, -0.2) is 0 Å².